The second kappa shape index (κ2) is 8.67. The number of H-pyrrole nitrogens is 2. The van der Waals surface area contributed by atoms with Crippen molar-refractivity contribution in [1.82, 2.24) is 19.5 Å². The first-order valence-electron chi connectivity index (χ1n) is 9.21. The molecular formula is C17H21N4O10P. The highest BCUT2D eigenvalue weighted by Crippen LogP contribution is 2.36. The third-order valence-corrected chi connectivity index (χ3v) is 5.48. The van der Waals surface area contributed by atoms with Crippen LogP contribution in [-0.4, -0.2) is 69.5 Å². The lowest BCUT2D eigenvalue weighted by molar-refractivity contribution is -0.0792. The van der Waals surface area contributed by atoms with Gasteiger partial charge < -0.3 is 29.7 Å². The average Bonchev–Trinajstić information content (AvgIpc) is 2.70. The zero-order valence-electron chi connectivity index (χ0n) is 16.8. The van der Waals surface area contributed by atoms with Gasteiger partial charge in [0.1, 0.15) is 29.7 Å². The highest BCUT2D eigenvalue weighted by molar-refractivity contribution is 7.46. The van der Waals surface area contributed by atoms with E-state index in [1.807, 2.05) is 4.98 Å². The van der Waals surface area contributed by atoms with Gasteiger partial charge in [0.25, 0.3) is 5.56 Å². The van der Waals surface area contributed by atoms with Gasteiger partial charge in [-0.15, -0.1) is 0 Å². The molecule has 3 rings (SSSR count). The Morgan fingerprint density at radius 3 is 2.41 bits per heavy atom. The van der Waals surface area contributed by atoms with Crippen molar-refractivity contribution in [2.24, 2.45) is 0 Å². The topological polar surface area (TPSA) is 228 Å². The van der Waals surface area contributed by atoms with E-state index < -0.39 is 56.0 Å². The van der Waals surface area contributed by atoms with E-state index in [1.165, 1.54) is 4.57 Å². The Bertz CT molecular complexity index is 1360. The van der Waals surface area contributed by atoms with Gasteiger partial charge in [-0.2, -0.15) is 0 Å². The Kier molecular flexibility index (Phi) is 6.49. The molecule has 1 aliphatic carbocycles. The van der Waals surface area contributed by atoms with E-state index in [-0.39, 0.29) is 22.6 Å². The minimum Gasteiger partial charge on any atom is -0.388 e. The van der Waals surface area contributed by atoms with Crippen LogP contribution in [0.25, 0.3) is 22.6 Å². The van der Waals surface area contributed by atoms with Crippen LogP contribution in [0.1, 0.15) is 11.1 Å². The molecule has 14 nitrogen and oxygen atoms in total. The summed E-state index contributed by atoms with van der Waals surface area (Å²) < 4.78 is 16.1. The van der Waals surface area contributed by atoms with E-state index in [4.69, 9.17) is 9.79 Å². The number of phosphoric ester groups is 1. The minimum absolute atomic E-state index is 0.120. The third kappa shape index (κ3) is 4.71. The van der Waals surface area contributed by atoms with Crippen molar-refractivity contribution >= 4 is 19.0 Å². The lowest BCUT2D eigenvalue weighted by atomic mass is 10.0. The molecule has 0 saturated carbocycles. The fourth-order valence-corrected chi connectivity index (χ4v) is 3.53. The van der Waals surface area contributed by atoms with Gasteiger partial charge in [-0.1, -0.05) is 0 Å². The predicted octanol–water partition coefficient (Wildman–Crippen LogP) is -2.31. The van der Waals surface area contributed by atoms with Gasteiger partial charge in [0, 0.05) is 5.56 Å². The molecule has 0 fully saturated rings. The molecular weight excluding hydrogens is 451 g/mol. The molecule has 0 radical (unpaired) electrons. The number of aromatic amines is 2. The van der Waals surface area contributed by atoms with Gasteiger partial charge in [-0.25, -0.2) is 14.3 Å². The van der Waals surface area contributed by atoms with Gasteiger partial charge in [-0.3, -0.25) is 24.1 Å². The van der Waals surface area contributed by atoms with Crippen LogP contribution in [0.4, 0.5) is 0 Å². The van der Waals surface area contributed by atoms with Crippen LogP contribution in [0.5, 0.6) is 0 Å². The van der Waals surface area contributed by atoms with E-state index in [0.29, 0.717) is 11.1 Å². The SMILES string of the molecule is Cc1cc2n(C[C@@H](O)[C@@H](O)[C@@H](O)COP(=O)(O)O)c3[nH]c(=O)[nH]c(=O)c3nc-2c(=O)c1C. The number of nitrogens with one attached hydrogen (secondary N) is 2. The van der Waals surface area contributed by atoms with Crippen molar-refractivity contribution in [3.8, 4) is 11.4 Å². The van der Waals surface area contributed by atoms with Crippen LogP contribution in [-0.2, 0) is 15.6 Å². The summed E-state index contributed by atoms with van der Waals surface area (Å²) in [4.78, 5) is 62.7. The number of phosphoric acid groups is 1. The summed E-state index contributed by atoms with van der Waals surface area (Å²) in [6.45, 7) is 1.70. The zero-order valence-corrected chi connectivity index (χ0v) is 17.7. The molecule has 15 heteroatoms. The zero-order chi connectivity index (χ0) is 24.0. The van der Waals surface area contributed by atoms with Gasteiger partial charge in [0.05, 0.1) is 18.8 Å². The lowest BCUT2D eigenvalue weighted by Crippen LogP contribution is -2.42. The van der Waals surface area contributed by atoms with Crippen molar-refractivity contribution in [1.29, 1.82) is 0 Å². The summed E-state index contributed by atoms with van der Waals surface area (Å²) in [6, 6.07) is 1.55. The van der Waals surface area contributed by atoms with Gasteiger partial charge >= 0.3 is 13.5 Å². The number of aromatic nitrogens is 4. The van der Waals surface area contributed by atoms with Crippen molar-refractivity contribution in [3.63, 3.8) is 0 Å². The Balaban J connectivity index is 2.13. The minimum atomic E-state index is -4.93. The highest BCUT2D eigenvalue weighted by atomic mass is 31.2. The summed E-state index contributed by atoms with van der Waals surface area (Å²) in [5, 5.41) is 30.6. The second-order valence-electron chi connectivity index (χ2n) is 7.25. The second-order valence-corrected chi connectivity index (χ2v) is 8.49. The van der Waals surface area contributed by atoms with Crippen LogP contribution in [0, 0.1) is 13.8 Å². The van der Waals surface area contributed by atoms with Crippen molar-refractivity contribution in [2.75, 3.05) is 6.61 Å². The molecule has 0 bridgehead atoms. The largest absolute Gasteiger partial charge is 0.469 e. The number of aliphatic hydroxyl groups excluding tert-OH is 3. The van der Waals surface area contributed by atoms with Gasteiger partial charge in [-0.05, 0) is 25.5 Å². The average molecular weight is 472 g/mol. The summed E-state index contributed by atoms with van der Waals surface area (Å²) in [7, 11) is -4.93. The first-order chi connectivity index (χ1) is 14.8. The molecule has 2 heterocycles. The molecule has 3 atom stereocenters. The fourth-order valence-electron chi connectivity index (χ4n) is 3.18. The predicted molar refractivity (Wildman–Crippen MR) is 109 cm³/mol. The van der Waals surface area contributed by atoms with E-state index in [1.54, 1.807) is 19.9 Å². The van der Waals surface area contributed by atoms with E-state index in [0.717, 1.165) is 0 Å². The summed E-state index contributed by atoms with van der Waals surface area (Å²) in [5.74, 6) is 0. The summed E-state index contributed by atoms with van der Waals surface area (Å²) >= 11 is 0. The van der Waals surface area contributed by atoms with Gasteiger partial charge in [0.15, 0.2) is 5.52 Å². The fraction of sp³-hybridized carbons (Fsp3) is 0.412. The third-order valence-electron chi connectivity index (χ3n) is 5.00. The standard InChI is InChI=1S/C17H21N4O10P/c1-6-3-8-11(13(24)7(6)2)18-12-15(19-17(27)20-16(12)26)21(8)4-9(22)14(25)10(23)5-31-32(28,29)30/h3,9-10,14,22-23,25H,4-5H2,1-2H3,(H2,28,29,30)(H2,19,20,26,27)/t9-,10+,14-/m1/s1. The molecule has 7 N–H and O–H groups in total. The molecule has 2 aliphatic rings. The summed E-state index contributed by atoms with van der Waals surface area (Å²) in [5.41, 5.74) is -1.74. The monoisotopic (exact) mass is 472 g/mol. The molecule has 0 unspecified atom stereocenters. The maximum atomic E-state index is 12.7. The number of benzene rings is 1. The first kappa shape index (κ1) is 23.9. The van der Waals surface area contributed by atoms with Crippen LogP contribution < -0.4 is 16.7 Å². The van der Waals surface area contributed by atoms with Crippen LogP contribution in [0.2, 0.25) is 0 Å². The Labute approximate surface area is 178 Å². The van der Waals surface area contributed by atoms with Crippen molar-refractivity contribution in [2.45, 2.75) is 38.7 Å². The lowest BCUT2D eigenvalue weighted by Gasteiger charge is -2.26. The van der Waals surface area contributed by atoms with E-state index in [2.05, 4.69) is 14.5 Å². The number of nitrogens with zero attached hydrogens (tertiary/aromatic N) is 2. The highest BCUT2D eigenvalue weighted by Gasteiger charge is 2.30. The van der Waals surface area contributed by atoms with Crippen LogP contribution >= 0.6 is 7.82 Å². The first-order valence-corrected chi connectivity index (χ1v) is 10.7. The maximum Gasteiger partial charge on any atom is 0.469 e. The quantitative estimate of drug-likeness (QED) is 0.143. The van der Waals surface area contributed by atoms with E-state index >= 15 is 0 Å². The molecule has 1 aromatic heterocycles. The number of aryl methyl sites for hydroxylation is 1. The van der Waals surface area contributed by atoms with Gasteiger partial charge in [0.2, 0.25) is 5.43 Å². The number of aliphatic hydroxyl groups is 3. The molecule has 0 spiro atoms. The molecule has 0 saturated heterocycles. The van der Waals surface area contributed by atoms with E-state index in [9.17, 15) is 34.3 Å². The van der Waals surface area contributed by atoms with Crippen LogP contribution in [0.3, 0.4) is 0 Å². The Morgan fingerprint density at radius 1 is 1.12 bits per heavy atom. The molecule has 1 aliphatic heterocycles. The molecule has 1 aromatic rings. The number of hydrogen-bond acceptors (Lipinski definition) is 9. The molecule has 32 heavy (non-hydrogen) atoms. The molecule has 174 valence electrons. The van der Waals surface area contributed by atoms with Crippen molar-refractivity contribution < 1.29 is 34.2 Å². The molecule has 0 aromatic carbocycles. The Morgan fingerprint density at radius 2 is 1.78 bits per heavy atom. The smallest absolute Gasteiger partial charge is 0.388 e. The number of fused-ring (bicyclic) bond motifs is 2. The normalized spacial score (nSPS) is 15.2. The summed E-state index contributed by atoms with van der Waals surface area (Å²) in [6.07, 6.45) is -5.61. The molecule has 0 amide bonds. The van der Waals surface area contributed by atoms with Crippen molar-refractivity contribution in [3.05, 3.63) is 48.3 Å². The van der Waals surface area contributed by atoms with Crippen LogP contribution in [0.15, 0.2) is 20.4 Å². The number of hydrogen-bond donors (Lipinski definition) is 7. The maximum absolute atomic E-state index is 12.7. The Hall–Kier alpha value is -2.71. The number of rotatable bonds is 7.